The molecule has 0 saturated heterocycles. The third kappa shape index (κ3) is 4.51. The molecule has 2 amide bonds. The lowest BCUT2D eigenvalue weighted by molar-refractivity contribution is 0.0949. The third-order valence-electron chi connectivity index (χ3n) is 3.70. The van der Waals surface area contributed by atoms with Crippen LogP contribution >= 0.6 is 0 Å². The highest BCUT2D eigenvalue weighted by Gasteiger charge is 2.07. The second-order valence-corrected chi connectivity index (χ2v) is 5.58. The molecule has 5 nitrogen and oxygen atoms in total. The monoisotopic (exact) mass is 349 g/mol. The van der Waals surface area contributed by atoms with E-state index in [1.54, 1.807) is 30.5 Å². The molecule has 0 saturated carbocycles. The highest BCUT2D eigenvalue weighted by atomic mass is 19.1. The summed E-state index contributed by atoms with van der Waals surface area (Å²) in [4.78, 5) is 28.0. The largest absolute Gasteiger partial charge is 0.348 e. The van der Waals surface area contributed by atoms with Gasteiger partial charge in [-0.05, 0) is 54.1 Å². The van der Waals surface area contributed by atoms with Crippen LogP contribution in [0.15, 0.2) is 73.1 Å². The predicted octanol–water partition coefficient (Wildman–Crippen LogP) is 3.40. The summed E-state index contributed by atoms with van der Waals surface area (Å²) >= 11 is 0. The van der Waals surface area contributed by atoms with Gasteiger partial charge in [0.2, 0.25) is 0 Å². The molecule has 0 spiro atoms. The maximum absolute atomic E-state index is 12.9. The lowest BCUT2D eigenvalue weighted by Gasteiger charge is -2.08. The molecule has 2 N–H and O–H groups in total. The van der Waals surface area contributed by atoms with E-state index in [1.807, 2.05) is 12.1 Å². The molecule has 2 aromatic carbocycles. The Kier molecular flexibility index (Phi) is 5.34. The molecule has 0 radical (unpaired) electrons. The molecule has 26 heavy (non-hydrogen) atoms. The van der Waals surface area contributed by atoms with Crippen LogP contribution < -0.4 is 10.6 Å². The zero-order valence-electron chi connectivity index (χ0n) is 13.8. The molecule has 1 heterocycles. The fourth-order valence-electron chi connectivity index (χ4n) is 2.29. The highest BCUT2D eigenvalue weighted by molar-refractivity contribution is 6.04. The minimum Gasteiger partial charge on any atom is -0.348 e. The van der Waals surface area contributed by atoms with Gasteiger partial charge in [-0.3, -0.25) is 14.6 Å². The highest BCUT2D eigenvalue weighted by Crippen LogP contribution is 2.12. The normalized spacial score (nSPS) is 10.2. The van der Waals surface area contributed by atoms with Crippen LogP contribution in [-0.4, -0.2) is 16.8 Å². The number of carbonyl (C=O) groups is 2. The van der Waals surface area contributed by atoms with E-state index in [9.17, 15) is 14.0 Å². The summed E-state index contributed by atoms with van der Waals surface area (Å²) in [5, 5.41) is 5.54. The molecule has 0 aliphatic carbocycles. The van der Waals surface area contributed by atoms with E-state index in [-0.39, 0.29) is 17.6 Å². The third-order valence-corrected chi connectivity index (χ3v) is 3.70. The predicted molar refractivity (Wildman–Crippen MR) is 96.2 cm³/mol. The number of benzene rings is 2. The first-order chi connectivity index (χ1) is 12.6. The first-order valence-electron chi connectivity index (χ1n) is 7.96. The molecule has 3 rings (SSSR count). The van der Waals surface area contributed by atoms with E-state index in [0.29, 0.717) is 23.4 Å². The van der Waals surface area contributed by atoms with Gasteiger partial charge in [-0.1, -0.05) is 12.1 Å². The molecule has 0 aliphatic heterocycles. The number of amides is 2. The zero-order chi connectivity index (χ0) is 18.4. The Bertz CT molecular complexity index is 895. The second-order valence-electron chi connectivity index (χ2n) is 5.58. The standard InChI is InChI=1S/C20H16FN3O2/c21-17-7-5-15(6-8-17)20(26)24-18-9-3-14(4-10-18)12-23-19(25)16-2-1-11-22-13-16/h1-11,13H,12H2,(H,23,25)(H,24,26). The second kappa shape index (κ2) is 8.02. The van der Waals surface area contributed by atoms with Crippen molar-refractivity contribution in [3.05, 3.63) is 95.6 Å². The number of anilines is 1. The lowest BCUT2D eigenvalue weighted by Crippen LogP contribution is -2.22. The van der Waals surface area contributed by atoms with Gasteiger partial charge in [0.1, 0.15) is 5.82 Å². The molecule has 6 heteroatoms. The summed E-state index contributed by atoms with van der Waals surface area (Å²) in [5.74, 6) is -0.909. The number of nitrogens with one attached hydrogen (secondary N) is 2. The van der Waals surface area contributed by atoms with Crippen molar-refractivity contribution >= 4 is 17.5 Å². The molecule has 0 unspecified atom stereocenters. The van der Waals surface area contributed by atoms with E-state index in [0.717, 1.165) is 5.56 Å². The van der Waals surface area contributed by atoms with Gasteiger partial charge in [-0.25, -0.2) is 4.39 Å². The first kappa shape index (κ1) is 17.3. The van der Waals surface area contributed by atoms with E-state index >= 15 is 0 Å². The maximum Gasteiger partial charge on any atom is 0.255 e. The molecule has 1 aromatic heterocycles. The molecule has 0 aliphatic rings. The lowest BCUT2D eigenvalue weighted by atomic mass is 10.1. The average molecular weight is 349 g/mol. The van der Waals surface area contributed by atoms with Crippen molar-refractivity contribution in [2.24, 2.45) is 0 Å². The summed E-state index contributed by atoms with van der Waals surface area (Å²) < 4.78 is 12.9. The number of aromatic nitrogens is 1. The first-order valence-corrected chi connectivity index (χ1v) is 7.96. The Hall–Kier alpha value is -3.54. The van der Waals surface area contributed by atoms with Gasteiger partial charge in [-0.15, -0.1) is 0 Å². The van der Waals surface area contributed by atoms with Crippen molar-refractivity contribution in [2.75, 3.05) is 5.32 Å². The Morgan fingerprint density at radius 1 is 0.885 bits per heavy atom. The maximum atomic E-state index is 12.9. The Balaban J connectivity index is 1.55. The van der Waals surface area contributed by atoms with Crippen molar-refractivity contribution in [1.29, 1.82) is 0 Å². The van der Waals surface area contributed by atoms with Gasteiger partial charge in [0.05, 0.1) is 5.56 Å². The van der Waals surface area contributed by atoms with Crippen LogP contribution in [0.3, 0.4) is 0 Å². The number of rotatable bonds is 5. The van der Waals surface area contributed by atoms with Crippen molar-refractivity contribution in [2.45, 2.75) is 6.54 Å². The van der Waals surface area contributed by atoms with Crippen molar-refractivity contribution in [3.63, 3.8) is 0 Å². The van der Waals surface area contributed by atoms with E-state index < -0.39 is 0 Å². The van der Waals surface area contributed by atoms with Crippen LogP contribution in [0, 0.1) is 5.82 Å². The minimum atomic E-state index is -0.390. The average Bonchev–Trinajstić information content (AvgIpc) is 2.68. The van der Waals surface area contributed by atoms with E-state index in [1.165, 1.54) is 30.5 Å². The molecular formula is C20H16FN3O2. The van der Waals surface area contributed by atoms with Crippen LogP contribution in [0.5, 0.6) is 0 Å². The number of pyridine rings is 1. The summed E-state index contributed by atoms with van der Waals surface area (Å²) in [6.45, 7) is 0.361. The SMILES string of the molecule is O=C(NCc1ccc(NC(=O)c2ccc(F)cc2)cc1)c1cccnc1. The number of hydrogen-bond donors (Lipinski definition) is 2. The van der Waals surface area contributed by atoms with Gasteiger partial charge < -0.3 is 10.6 Å². The van der Waals surface area contributed by atoms with Gasteiger partial charge in [0.15, 0.2) is 0 Å². The molecule has 0 atom stereocenters. The number of halogens is 1. The van der Waals surface area contributed by atoms with Gasteiger partial charge in [-0.2, -0.15) is 0 Å². The Labute approximate surface area is 149 Å². The molecular weight excluding hydrogens is 333 g/mol. The minimum absolute atomic E-state index is 0.202. The molecule has 3 aromatic rings. The van der Waals surface area contributed by atoms with Gasteiger partial charge in [0, 0.05) is 30.2 Å². The molecule has 130 valence electrons. The summed E-state index contributed by atoms with van der Waals surface area (Å²) in [5.41, 5.74) is 2.37. The van der Waals surface area contributed by atoms with Crippen molar-refractivity contribution < 1.29 is 14.0 Å². The van der Waals surface area contributed by atoms with E-state index in [2.05, 4.69) is 15.6 Å². The molecule has 0 fully saturated rings. The fourth-order valence-corrected chi connectivity index (χ4v) is 2.29. The quantitative estimate of drug-likeness (QED) is 0.742. The zero-order valence-corrected chi connectivity index (χ0v) is 13.8. The number of carbonyl (C=O) groups excluding carboxylic acids is 2. The van der Waals surface area contributed by atoms with Crippen LogP contribution in [-0.2, 0) is 6.54 Å². The summed E-state index contributed by atoms with van der Waals surface area (Å²) in [6.07, 6.45) is 3.11. The number of nitrogens with zero attached hydrogens (tertiary/aromatic N) is 1. The summed E-state index contributed by atoms with van der Waals surface area (Å²) in [7, 11) is 0. The Morgan fingerprint density at radius 3 is 2.27 bits per heavy atom. The molecule has 0 bridgehead atoms. The Morgan fingerprint density at radius 2 is 1.62 bits per heavy atom. The van der Waals surface area contributed by atoms with Crippen LogP contribution in [0.25, 0.3) is 0 Å². The van der Waals surface area contributed by atoms with Crippen LogP contribution in [0.2, 0.25) is 0 Å². The van der Waals surface area contributed by atoms with Crippen molar-refractivity contribution in [1.82, 2.24) is 10.3 Å². The fraction of sp³-hybridized carbons (Fsp3) is 0.0500. The summed E-state index contributed by atoms with van der Waals surface area (Å²) in [6, 6.07) is 15.8. The van der Waals surface area contributed by atoms with Gasteiger partial charge >= 0.3 is 0 Å². The van der Waals surface area contributed by atoms with Crippen LogP contribution in [0.4, 0.5) is 10.1 Å². The topological polar surface area (TPSA) is 71.1 Å². The van der Waals surface area contributed by atoms with Crippen molar-refractivity contribution in [3.8, 4) is 0 Å². The number of hydrogen-bond acceptors (Lipinski definition) is 3. The van der Waals surface area contributed by atoms with Crippen LogP contribution in [0.1, 0.15) is 26.3 Å². The van der Waals surface area contributed by atoms with E-state index in [4.69, 9.17) is 0 Å². The van der Waals surface area contributed by atoms with Gasteiger partial charge in [0.25, 0.3) is 11.8 Å². The smallest absolute Gasteiger partial charge is 0.255 e.